The highest BCUT2D eigenvalue weighted by molar-refractivity contribution is 9.11. The third-order valence-electron chi connectivity index (χ3n) is 2.53. The van der Waals surface area contributed by atoms with Crippen LogP contribution in [-0.4, -0.2) is 0 Å². The van der Waals surface area contributed by atoms with Gasteiger partial charge in [0.05, 0.1) is 6.04 Å². The van der Waals surface area contributed by atoms with Gasteiger partial charge in [0.25, 0.3) is 0 Å². The number of rotatable bonds is 2. The predicted molar refractivity (Wildman–Crippen MR) is 76.9 cm³/mol. The van der Waals surface area contributed by atoms with E-state index in [0.717, 1.165) is 14.5 Å². The number of aryl methyl sites for hydroxylation is 1. The Hall–Kier alpha value is -0.160. The number of halogens is 2. The van der Waals surface area contributed by atoms with Crippen LogP contribution < -0.4 is 5.73 Å². The lowest BCUT2D eigenvalue weighted by atomic mass is 10.0. The van der Waals surface area contributed by atoms with E-state index in [2.05, 4.69) is 56.3 Å². The number of benzene rings is 1. The van der Waals surface area contributed by atoms with Crippen molar-refractivity contribution in [1.82, 2.24) is 0 Å². The Morgan fingerprint density at radius 1 is 1.19 bits per heavy atom. The van der Waals surface area contributed by atoms with Gasteiger partial charge in [-0.05, 0) is 47.7 Å². The van der Waals surface area contributed by atoms with E-state index >= 15 is 0 Å². The van der Waals surface area contributed by atoms with Crippen LogP contribution in [0, 0.1) is 6.92 Å². The standard InChI is InChI=1S/C12H11Br2NS/c1-7-9(4-5-16-7)12(15)10-6-8(13)2-3-11(10)14/h2-6,12H,15H2,1H3. The Balaban J connectivity index is 2.45. The molecule has 0 bridgehead atoms. The van der Waals surface area contributed by atoms with E-state index in [4.69, 9.17) is 5.73 Å². The highest BCUT2D eigenvalue weighted by Gasteiger charge is 2.15. The molecule has 2 rings (SSSR count). The number of hydrogen-bond donors (Lipinski definition) is 1. The van der Waals surface area contributed by atoms with Crippen LogP contribution in [0.15, 0.2) is 38.6 Å². The summed E-state index contributed by atoms with van der Waals surface area (Å²) in [6, 6.07) is 8.10. The molecule has 0 aliphatic rings. The van der Waals surface area contributed by atoms with Crippen molar-refractivity contribution in [3.8, 4) is 0 Å². The van der Waals surface area contributed by atoms with Crippen LogP contribution in [0.3, 0.4) is 0 Å². The zero-order valence-electron chi connectivity index (χ0n) is 8.71. The summed E-state index contributed by atoms with van der Waals surface area (Å²) in [6.45, 7) is 2.10. The number of thiophene rings is 1. The molecule has 16 heavy (non-hydrogen) atoms. The number of nitrogens with two attached hydrogens (primary N) is 1. The van der Waals surface area contributed by atoms with Crippen LogP contribution >= 0.6 is 43.2 Å². The summed E-state index contributed by atoms with van der Waals surface area (Å²) < 4.78 is 2.10. The first-order valence-corrected chi connectivity index (χ1v) is 7.30. The average Bonchev–Trinajstić information content (AvgIpc) is 2.67. The van der Waals surface area contributed by atoms with Gasteiger partial charge >= 0.3 is 0 Å². The van der Waals surface area contributed by atoms with E-state index < -0.39 is 0 Å². The van der Waals surface area contributed by atoms with Crippen molar-refractivity contribution in [2.45, 2.75) is 13.0 Å². The van der Waals surface area contributed by atoms with Gasteiger partial charge < -0.3 is 5.73 Å². The molecule has 0 spiro atoms. The first-order chi connectivity index (χ1) is 7.59. The van der Waals surface area contributed by atoms with Gasteiger partial charge in [0.1, 0.15) is 0 Å². The summed E-state index contributed by atoms with van der Waals surface area (Å²) in [5, 5.41) is 2.08. The van der Waals surface area contributed by atoms with Crippen LogP contribution in [0.4, 0.5) is 0 Å². The minimum atomic E-state index is -0.0712. The first-order valence-electron chi connectivity index (χ1n) is 4.84. The largest absolute Gasteiger partial charge is 0.320 e. The summed E-state index contributed by atoms with van der Waals surface area (Å²) in [7, 11) is 0. The Morgan fingerprint density at radius 3 is 2.56 bits per heavy atom. The molecule has 0 amide bonds. The molecule has 1 aromatic heterocycles. The average molecular weight is 361 g/mol. The van der Waals surface area contributed by atoms with E-state index in [-0.39, 0.29) is 6.04 Å². The van der Waals surface area contributed by atoms with Crippen molar-refractivity contribution in [2.24, 2.45) is 5.73 Å². The molecule has 1 atom stereocenters. The molecule has 1 heterocycles. The topological polar surface area (TPSA) is 26.0 Å². The maximum absolute atomic E-state index is 6.29. The van der Waals surface area contributed by atoms with Crippen LogP contribution in [-0.2, 0) is 0 Å². The van der Waals surface area contributed by atoms with E-state index in [1.807, 2.05) is 12.1 Å². The molecular formula is C12H11Br2NS. The molecule has 1 nitrogen and oxygen atoms in total. The maximum atomic E-state index is 6.29. The highest BCUT2D eigenvalue weighted by Crippen LogP contribution is 2.32. The monoisotopic (exact) mass is 359 g/mol. The summed E-state index contributed by atoms with van der Waals surface area (Å²) in [5.74, 6) is 0. The maximum Gasteiger partial charge on any atom is 0.0574 e. The molecule has 84 valence electrons. The smallest absolute Gasteiger partial charge is 0.0574 e. The van der Waals surface area contributed by atoms with Gasteiger partial charge in [-0.25, -0.2) is 0 Å². The fraction of sp³-hybridized carbons (Fsp3) is 0.167. The predicted octanol–water partition coefficient (Wildman–Crippen LogP) is 4.63. The zero-order chi connectivity index (χ0) is 11.7. The lowest BCUT2D eigenvalue weighted by Gasteiger charge is -2.14. The van der Waals surface area contributed by atoms with Gasteiger partial charge in [0.15, 0.2) is 0 Å². The van der Waals surface area contributed by atoms with Crippen LogP contribution in [0.25, 0.3) is 0 Å². The van der Waals surface area contributed by atoms with Gasteiger partial charge in [-0.1, -0.05) is 31.9 Å². The zero-order valence-corrected chi connectivity index (χ0v) is 12.7. The van der Waals surface area contributed by atoms with Crippen molar-refractivity contribution in [1.29, 1.82) is 0 Å². The molecule has 4 heteroatoms. The summed E-state index contributed by atoms with van der Waals surface area (Å²) >= 11 is 8.75. The van der Waals surface area contributed by atoms with Gasteiger partial charge in [0, 0.05) is 13.8 Å². The number of hydrogen-bond acceptors (Lipinski definition) is 2. The highest BCUT2D eigenvalue weighted by atomic mass is 79.9. The summed E-state index contributed by atoms with van der Waals surface area (Å²) in [6.07, 6.45) is 0. The summed E-state index contributed by atoms with van der Waals surface area (Å²) in [4.78, 5) is 1.28. The van der Waals surface area contributed by atoms with E-state index in [0.29, 0.717) is 0 Å². The molecule has 1 unspecified atom stereocenters. The fourth-order valence-corrected chi connectivity index (χ4v) is 3.26. The van der Waals surface area contributed by atoms with E-state index in [1.165, 1.54) is 10.4 Å². The Bertz CT molecular complexity index is 507. The molecule has 2 N–H and O–H groups in total. The lowest BCUT2D eigenvalue weighted by Crippen LogP contribution is -2.12. The fourth-order valence-electron chi connectivity index (χ4n) is 1.64. The third-order valence-corrected chi connectivity index (χ3v) is 4.60. The Labute approximate surface area is 116 Å². The van der Waals surface area contributed by atoms with Crippen molar-refractivity contribution < 1.29 is 0 Å². The minimum Gasteiger partial charge on any atom is -0.320 e. The van der Waals surface area contributed by atoms with Gasteiger partial charge in [-0.3, -0.25) is 0 Å². The van der Waals surface area contributed by atoms with Gasteiger partial charge in [-0.15, -0.1) is 11.3 Å². The van der Waals surface area contributed by atoms with Crippen molar-refractivity contribution >= 4 is 43.2 Å². The molecule has 0 aliphatic heterocycles. The molecule has 1 aromatic carbocycles. The molecule has 0 saturated heterocycles. The van der Waals surface area contributed by atoms with Crippen molar-refractivity contribution in [2.75, 3.05) is 0 Å². The van der Waals surface area contributed by atoms with Crippen molar-refractivity contribution in [3.63, 3.8) is 0 Å². The van der Waals surface area contributed by atoms with Crippen LogP contribution in [0.1, 0.15) is 22.0 Å². The molecule has 0 fully saturated rings. The van der Waals surface area contributed by atoms with Gasteiger partial charge in [0.2, 0.25) is 0 Å². The SMILES string of the molecule is Cc1sccc1C(N)c1cc(Br)ccc1Br. The third kappa shape index (κ3) is 2.40. The van der Waals surface area contributed by atoms with Crippen molar-refractivity contribution in [3.05, 3.63) is 54.6 Å². The molecule has 0 saturated carbocycles. The molecule has 0 radical (unpaired) electrons. The second kappa shape index (κ2) is 5.00. The second-order valence-corrected chi connectivity index (χ2v) is 6.47. The van der Waals surface area contributed by atoms with E-state index in [1.54, 1.807) is 11.3 Å². The Morgan fingerprint density at radius 2 is 1.94 bits per heavy atom. The molecular weight excluding hydrogens is 350 g/mol. The van der Waals surface area contributed by atoms with Gasteiger partial charge in [-0.2, -0.15) is 0 Å². The lowest BCUT2D eigenvalue weighted by molar-refractivity contribution is 0.863. The molecule has 2 aromatic rings. The van der Waals surface area contributed by atoms with E-state index in [9.17, 15) is 0 Å². The Kier molecular flexibility index (Phi) is 3.85. The summed E-state index contributed by atoms with van der Waals surface area (Å²) in [5.41, 5.74) is 8.59. The minimum absolute atomic E-state index is 0.0712. The van der Waals surface area contributed by atoms with Crippen LogP contribution in [0.2, 0.25) is 0 Å². The van der Waals surface area contributed by atoms with Crippen LogP contribution in [0.5, 0.6) is 0 Å². The normalized spacial score (nSPS) is 12.8. The molecule has 0 aliphatic carbocycles. The second-order valence-electron chi connectivity index (χ2n) is 3.58. The first kappa shape index (κ1) is 12.3. The quantitative estimate of drug-likeness (QED) is 0.830.